The van der Waals surface area contributed by atoms with Gasteiger partial charge in [-0.3, -0.25) is 9.59 Å². The molecule has 0 heterocycles. The van der Waals surface area contributed by atoms with Crippen LogP contribution >= 0.6 is 0 Å². The molecular formula is C20H30O2. The molecular weight excluding hydrogens is 272 g/mol. The van der Waals surface area contributed by atoms with Gasteiger partial charge in [-0.2, -0.15) is 0 Å². The van der Waals surface area contributed by atoms with E-state index in [1.165, 1.54) is 5.57 Å². The Labute approximate surface area is 134 Å². The van der Waals surface area contributed by atoms with E-state index in [9.17, 15) is 9.59 Å². The molecule has 4 unspecified atom stereocenters. The van der Waals surface area contributed by atoms with Crippen LogP contribution in [0.15, 0.2) is 11.6 Å². The molecule has 2 fully saturated rings. The largest absolute Gasteiger partial charge is 0.299 e. The minimum absolute atomic E-state index is 0.153. The number of carbonyl (C=O) groups excluding carboxylic acids is 2. The second-order valence-electron chi connectivity index (χ2n) is 8.56. The van der Waals surface area contributed by atoms with Gasteiger partial charge in [0.05, 0.1) is 0 Å². The lowest BCUT2D eigenvalue weighted by Gasteiger charge is -2.52. The zero-order valence-electron chi connectivity index (χ0n) is 14.6. The number of hydrogen-bond donors (Lipinski definition) is 0. The third-order valence-electron chi connectivity index (χ3n) is 7.33. The number of fused-ring (bicyclic) bond motifs is 1. The van der Waals surface area contributed by atoms with Crippen LogP contribution in [0.25, 0.3) is 0 Å². The Morgan fingerprint density at radius 1 is 1.09 bits per heavy atom. The van der Waals surface area contributed by atoms with Gasteiger partial charge >= 0.3 is 0 Å². The van der Waals surface area contributed by atoms with Crippen molar-refractivity contribution in [3.05, 3.63) is 11.6 Å². The summed E-state index contributed by atoms with van der Waals surface area (Å²) in [5.74, 6) is 2.56. The molecule has 0 bridgehead atoms. The van der Waals surface area contributed by atoms with Crippen LogP contribution in [0.2, 0.25) is 0 Å². The van der Waals surface area contributed by atoms with Crippen molar-refractivity contribution in [2.75, 3.05) is 0 Å². The molecule has 0 N–H and O–H groups in total. The number of Topliss-reactive ketones (excluding diaryl/α,β-unsaturated/α-hetero) is 1. The molecule has 0 saturated heterocycles. The summed E-state index contributed by atoms with van der Waals surface area (Å²) in [5.41, 5.74) is 1.43. The molecule has 0 aromatic carbocycles. The van der Waals surface area contributed by atoms with Crippen LogP contribution in [-0.4, -0.2) is 11.6 Å². The Balaban J connectivity index is 1.94. The van der Waals surface area contributed by atoms with E-state index < -0.39 is 0 Å². The van der Waals surface area contributed by atoms with Gasteiger partial charge in [-0.1, -0.05) is 39.7 Å². The molecule has 122 valence electrons. The zero-order valence-corrected chi connectivity index (χ0v) is 14.6. The maximum absolute atomic E-state index is 12.3. The van der Waals surface area contributed by atoms with E-state index in [2.05, 4.69) is 27.7 Å². The highest BCUT2D eigenvalue weighted by atomic mass is 16.1. The summed E-state index contributed by atoms with van der Waals surface area (Å²) in [4.78, 5) is 24.1. The van der Waals surface area contributed by atoms with E-state index in [1.807, 2.05) is 6.08 Å². The summed E-state index contributed by atoms with van der Waals surface area (Å²) in [6.07, 6.45) is 8.88. The van der Waals surface area contributed by atoms with Crippen molar-refractivity contribution < 1.29 is 9.59 Å². The standard InChI is InChI=1S/C20H30O2/c1-5-16-15(17-8-9-18(22)19(17,2)3)7-6-13-12-14(21)10-11-20(13,16)4/h12,15-17H,5-11H2,1-4H3. The quantitative estimate of drug-likeness (QED) is 0.739. The Hall–Kier alpha value is -0.920. The van der Waals surface area contributed by atoms with Gasteiger partial charge in [0.1, 0.15) is 5.78 Å². The molecule has 0 radical (unpaired) electrons. The lowest BCUT2D eigenvalue weighted by Crippen LogP contribution is -2.45. The average molecular weight is 302 g/mol. The van der Waals surface area contributed by atoms with Crippen LogP contribution in [0.3, 0.4) is 0 Å². The number of rotatable bonds is 2. The van der Waals surface area contributed by atoms with Gasteiger partial charge in [0.25, 0.3) is 0 Å². The number of ketones is 2. The predicted octanol–water partition coefficient (Wildman–Crippen LogP) is 4.72. The Bertz CT molecular complexity index is 528. The topological polar surface area (TPSA) is 34.1 Å². The van der Waals surface area contributed by atoms with Crippen LogP contribution < -0.4 is 0 Å². The summed E-state index contributed by atoms with van der Waals surface area (Å²) >= 11 is 0. The first kappa shape index (κ1) is 16.0. The molecule has 2 nitrogen and oxygen atoms in total. The van der Waals surface area contributed by atoms with Gasteiger partial charge in [-0.05, 0) is 54.9 Å². The first-order chi connectivity index (χ1) is 10.3. The molecule has 2 heteroatoms. The van der Waals surface area contributed by atoms with Crippen molar-refractivity contribution in [1.29, 1.82) is 0 Å². The third-order valence-corrected chi connectivity index (χ3v) is 7.33. The van der Waals surface area contributed by atoms with E-state index in [-0.39, 0.29) is 10.8 Å². The Morgan fingerprint density at radius 3 is 2.41 bits per heavy atom. The monoisotopic (exact) mass is 302 g/mol. The van der Waals surface area contributed by atoms with E-state index in [0.717, 1.165) is 38.5 Å². The average Bonchev–Trinajstić information content (AvgIpc) is 2.73. The van der Waals surface area contributed by atoms with E-state index >= 15 is 0 Å². The number of hydrogen-bond acceptors (Lipinski definition) is 2. The molecule has 22 heavy (non-hydrogen) atoms. The minimum Gasteiger partial charge on any atom is -0.299 e. The van der Waals surface area contributed by atoms with Crippen molar-refractivity contribution in [2.24, 2.45) is 28.6 Å². The predicted molar refractivity (Wildman–Crippen MR) is 88.4 cm³/mol. The first-order valence-corrected chi connectivity index (χ1v) is 9.08. The van der Waals surface area contributed by atoms with Crippen molar-refractivity contribution in [2.45, 2.75) is 72.6 Å². The molecule has 0 amide bonds. The summed E-state index contributed by atoms with van der Waals surface area (Å²) in [6, 6.07) is 0. The van der Waals surface area contributed by atoms with E-state index in [4.69, 9.17) is 0 Å². The van der Waals surface area contributed by atoms with Gasteiger partial charge in [0.2, 0.25) is 0 Å². The molecule has 4 atom stereocenters. The normalized spacial score (nSPS) is 41.3. The van der Waals surface area contributed by atoms with Crippen molar-refractivity contribution >= 4 is 11.6 Å². The lowest BCUT2D eigenvalue weighted by molar-refractivity contribution is -0.127. The van der Waals surface area contributed by atoms with Gasteiger partial charge < -0.3 is 0 Å². The highest BCUT2D eigenvalue weighted by Gasteiger charge is 2.53. The van der Waals surface area contributed by atoms with Crippen LogP contribution in [0.5, 0.6) is 0 Å². The first-order valence-electron chi connectivity index (χ1n) is 9.08. The minimum atomic E-state index is -0.153. The molecule has 3 rings (SSSR count). The number of allylic oxidation sites excluding steroid dienone is 2. The maximum Gasteiger partial charge on any atom is 0.155 e. The molecule has 0 aromatic rings. The van der Waals surface area contributed by atoms with Crippen LogP contribution in [0, 0.1) is 28.6 Å². The fourth-order valence-electron chi connectivity index (χ4n) is 5.91. The smallest absolute Gasteiger partial charge is 0.155 e. The molecule has 0 aliphatic heterocycles. The maximum atomic E-state index is 12.3. The van der Waals surface area contributed by atoms with Crippen LogP contribution in [-0.2, 0) is 9.59 Å². The fourth-order valence-corrected chi connectivity index (χ4v) is 5.91. The van der Waals surface area contributed by atoms with Gasteiger partial charge in [-0.25, -0.2) is 0 Å². The lowest BCUT2D eigenvalue weighted by atomic mass is 9.52. The second-order valence-corrected chi connectivity index (χ2v) is 8.56. The highest BCUT2D eigenvalue weighted by Crippen LogP contribution is 2.59. The summed E-state index contributed by atoms with van der Waals surface area (Å²) in [6.45, 7) is 9.01. The van der Waals surface area contributed by atoms with Crippen LogP contribution in [0.1, 0.15) is 72.6 Å². The third kappa shape index (κ3) is 2.21. The Kier molecular flexibility index (Phi) is 3.86. The molecule has 3 aliphatic carbocycles. The highest BCUT2D eigenvalue weighted by molar-refractivity contribution is 5.91. The van der Waals surface area contributed by atoms with Gasteiger partial charge in [0.15, 0.2) is 5.78 Å². The van der Waals surface area contributed by atoms with E-state index in [1.54, 1.807) is 0 Å². The molecule has 3 aliphatic rings. The second kappa shape index (κ2) is 5.32. The van der Waals surface area contributed by atoms with Crippen molar-refractivity contribution in [3.8, 4) is 0 Å². The molecule has 0 spiro atoms. The Morgan fingerprint density at radius 2 is 1.82 bits per heavy atom. The van der Waals surface area contributed by atoms with Gasteiger partial charge in [0, 0.05) is 18.3 Å². The molecule has 0 aromatic heterocycles. The summed E-state index contributed by atoms with van der Waals surface area (Å²) < 4.78 is 0. The van der Waals surface area contributed by atoms with Crippen LogP contribution in [0.4, 0.5) is 0 Å². The summed E-state index contributed by atoms with van der Waals surface area (Å²) in [5, 5.41) is 0. The summed E-state index contributed by atoms with van der Waals surface area (Å²) in [7, 11) is 0. The molecule has 2 saturated carbocycles. The van der Waals surface area contributed by atoms with Gasteiger partial charge in [-0.15, -0.1) is 0 Å². The fraction of sp³-hybridized carbons (Fsp3) is 0.800. The van der Waals surface area contributed by atoms with Crippen molar-refractivity contribution in [3.63, 3.8) is 0 Å². The number of carbonyl (C=O) groups is 2. The van der Waals surface area contributed by atoms with E-state index in [0.29, 0.717) is 35.7 Å². The zero-order chi connectivity index (χ0) is 16.1. The SMILES string of the molecule is CCC1C(C2CCC(=O)C2(C)C)CCC2=CC(=O)CCC21C. The van der Waals surface area contributed by atoms with Crippen molar-refractivity contribution in [1.82, 2.24) is 0 Å².